The molecule has 0 bridgehead atoms. The van der Waals surface area contributed by atoms with Crippen LogP contribution in [-0.4, -0.2) is 55.7 Å². The maximum absolute atomic E-state index is 4.86. The highest BCUT2D eigenvalue weighted by molar-refractivity contribution is 8.14. The summed E-state index contributed by atoms with van der Waals surface area (Å²) in [5.41, 5.74) is 15.2. The van der Waals surface area contributed by atoms with Crippen LogP contribution >= 0.6 is 68.9 Å². The molecule has 18 rings (SSSR count). The van der Waals surface area contributed by atoms with Crippen molar-refractivity contribution in [3.63, 3.8) is 0 Å². The Hall–Kier alpha value is -8.03. The maximum atomic E-state index is 4.86. The van der Waals surface area contributed by atoms with Gasteiger partial charge in [0.05, 0.1) is 22.8 Å². The van der Waals surface area contributed by atoms with E-state index in [4.69, 9.17) is 19.9 Å². The quantitative estimate of drug-likeness (QED) is 0.114. The van der Waals surface area contributed by atoms with E-state index < -0.39 is 16.1 Å². The van der Waals surface area contributed by atoms with Gasteiger partial charge in [0.25, 0.3) is 0 Å². The van der Waals surface area contributed by atoms with E-state index in [1.807, 2.05) is 48.3 Å². The second-order valence-corrected chi connectivity index (χ2v) is 37.3. The van der Waals surface area contributed by atoms with Gasteiger partial charge < -0.3 is 9.13 Å². The zero-order valence-corrected chi connectivity index (χ0v) is 55.1. The molecule has 0 radical (unpaired) electrons. The zero-order chi connectivity index (χ0) is 58.8. The number of hydrogen-bond donors (Lipinski definition) is 0. The predicted molar refractivity (Wildman–Crippen MR) is 385 cm³/mol. The molecule has 6 aliphatic rings. The smallest absolute Gasteiger partial charge is 0.176 e. The second kappa shape index (κ2) is 21.6. The molecule has 89 heavy (non-hydrogen) atoms. The summed E-state index contributed by atoms with van der Waals surface area (Å²) in [6, 6.07) is 65.9. The highest BCUT2D eigenvalue weighted by atomic mass is 32.2. The van der Waals surface area contributed by atoms with Crippen LogP contribution in [0, 0.1) is 5.92 Å². The molecule has 0 amide bonds. The first-order valence-corrected chi connectivity index (χ1v) is 39.6. The number of aromatic nitrogens is 6. The molecule has 4 aliphatic heterocycles. The molecular formula is C75H54N6S6Si2. The summed E-state index contributed by atoms with van der Waals surface area (Å²) in [5.74, 6) is 0.362. The molecule has 6 nitrogen and oxygen atoms in total. The molecule has 6 aromatic heterocycles. The first kappa shape index (κ1) is 54.0. The Bertz CT molecular complexity index is 4800. The minimum Gasteiger partial charge on any atom is -0.308 e. The van der Waals surface area contributed by atoms with Crippen molar-refractivity contribution in [3.8, 4) is 59.6 Å². The summed E-state index contributed by atoms with van der Waals surface area (Å²) in [4.78, 5) is 22.1. The van der Waals surface area contributed by atoms with E-state index in [9.17, 15) is 0 Å². The normalized spacial score (nSPS) is 20.9. The van der Waals surface area contributed by atoms with Gasteiger partial charge in [-0.05, 0) is 143 Å². The van der Waals surface area contributed by atoms with Crippen LogP contribution in [0.2, 0.25) is 5.54 Å². The number of thiazole rings is 4. The van der Waals surface area contributed by atoms with Crippen molar-refractivity contribution < 1.29 is 0 Å². The Morgan fingerprint density at radius 3 is 1.44 bits per heavy atom. The average Bonchev–Trinajstić information content (AvgIpc) is 1.57. The van der Waals surface area contributed by atoms with E-state index in [-0.39, 0.29) is 0 Å². The van der Waals surface area contributed by atoms with E-state index in [0.717, 1.165) is 61.3 Å². The van der Waals surface area contributed by atoms with Gasteiger partial charge in [-0.3, -0.25) is 0 Å². The van der Waals surface area contributed by atoms with E-state index in [1.54, 1.807) is 50.5 Å². The van der Waals surface area contributed by atoms with Gasteiger partial charge in [0.15, 0.2) is 16.1 Å². The number of rotatable bonds is 12. The number of hydrogen-bond acceptors (Lipinski definition) is 10. The predicted octanol–water partition coefficient (Wildman–Crippen LogP) is 16.1. The Labute approximate surface area is 543 Å². The summed E-state index contributed by atoms with van der Waals surface area (Å²) in [6.07, 6.45) is 26.8. The van der Waals surface area contributed by atoms with Crippen LogP contribution in [0.4, 0.5) is 0 Å². The van der Waals surface area contributed by atoms with Gasteiger partial charge in [-0.25, -0.2) is 19.9 Å². The molecule has 14 heteroatoms. The molecule has 428 valence electrons. The van der Waals surface area contributed by atoms with Crippen LogP contribution in [0.25, 0.3) is 80.7 Å². The van der Waals surface area contributed by atoms with E-state index in [1.165, 1.54) is 80.0 Å². The molecule has 10 heterocycles. The third kappa shape index (κ3) is 8.37. The number of allylic oxidation sites excluding steroid dienone is 8. The molecular weight excluding hydrogens is 1230 g/mol. The fourth-order valence-corrected chi connectivity index (χ4v) is 32.4. The highest BCUT2D eigenvalue weighted by Crippen LogP contribution is 2.55. The average molecular weight is 1290 g/mol. The number of fused-ring (bicyclic) bond motifs is 6. The Morgan fingerprint density at radius 1 is 0.449 bits per heavy atom. The van der Waals surface area contributed by atoms with Crippen LogP contribution in [-0.2, 0) is 0 Å². The largest absolute Gasteiger partial charge is 0.308 e. The van der Waals surface area contributed by atoms with Crippen molar-refractivity contribution in [2.75, 3.05) is 0 Å². The van der Waals surface area contributed by atoms with Gasteiger partial charge in [0.2, 0.25) is 0 Å². The molecule has 0 spiro atoms. The van der Waals surface area contributed by atoms with Gasteiger partial charge in [-0.15, -0.1) is 68.9 Å². The lowest BCUT2D eigenvalue weighted by Gasteiger charge is -2.40. The SMILES string of the molecule is CC1C=CC=CC1[Si]1(c2ccccc2)c2ccc(C3=CC4SC(c5ccc6c(c5)C5=C(CCC(n7c(-c8nccs8)ccc7-c7nccs7)=C5)[Si]6(c5ccccc5)c5ccccc5)=CC4S3)cc2-c2cc(-n3c(-c4nccs4)ccc3-c3nccs3)ccc21. The van der Waals surface area contributed by atoms with Crippen molar-refractivity contribution in [2.45, 2.75) is 35.8 Å². The fourth-order valence-electron chi connectivity index (χ4n) is 15.5. The van der Waals surface area contributed by atoms with Gasteiger partial charge in [0.1, 0.15) is 20.0 Å². The highest BCUT2D eigenvalue weighted by Gasteiger charge is 2.54. The van der Waals surface area contributed by atoms with Crippen molar-refractivity contribution in [3.05, 3.63) is 281 Å². The first-order valence-electron chi connectivity index (χ1n) is 30.2. The lowest BCUT2D eigenvalue weighted by atomic mass is 9.96. The number of benzene rings is 6. The van der Waals surface area contributed by atoms with Crippen LogP contribution in [0.15, 0.2) is 264 Å². The molecule has 2 aliphatic carbocycles. The monoisotopic (exact) mass is 1290 g/mol. The van der Waals surface area contributed by atoms with Gasteiger partial charge in [-0.1, -0.05) is 170 Å². The van der Waals surface area contributed by atoms with Crippen LogP contribution in [0.3, 0.4) is 0 Å². The van der Waals surface area contributed by atoms with E-state index in [2.05, 4.69) is 250 Å². The zero-order valence-electron chi connectivity index (χ0n) is 48.2. The maximum Gasteiger partial charge on any atom is 0.176 e. The molecule has 0 fully saturated rings. The molecule has 0 saturated carbocycles. The van der Waals surface area contributed by atoms with E-state index >= 15 is 0 Å². The first-order chi connectivity index (χ1) is 44.0. The number of nitrogens with zero attached hydrogens (tertiary/aromatic N) is 6. The fraction of sp³-hybridized carbons (Fsp3) is 0.0933. The molecule has 5 atom stereocenters. The summed E-state index contributed by atoms with van der Waals surface area (Å²) in [5, 5.41) is 23.3. The standard InChI is InChI=1S/C75H54N6S6Si2/c1-47-13-11-12-20-67(47)89(54-18-9-4-10-19-54)70-30-22-49(42-56(70)58-44-51(24-32-71(58)89)81-61(74-78-35-39-84-74)27-28-62(81)75-79-36-40-85-75)64-46-66-65(87-64)45-63(86-66)48-21-29-68-55(41-48)57-43-50(80-59(72-76-33-37-82-72)25-26-60(80)73-77-34-38-83-73)23-31-69(57)88(68,52-14-5-2-6-15-52)53-16-7-3-8-17-53/h2-22,24-30,32-47,65-67H,23,31H2,1H3. The third-order valence-electron chi connectivity index (χ3n) is 19.1. The Kier molecular flexibility index (Phi) is 13.1. The van der Waals surface area contributed by atoms with Crippen LogP contribution < -0.4 is 31.1 Å². The van der Waals surface area contributed by atoms with Crippen LogP contribution in [0.5, 0.6) is 0 Å². The molecule has 12 aromatic rings. The molecule has 6 aromatic carbocycles. The molecule has 0 saturated heterocycles. The second-order valence-electron chi connectivity index (χ2n) is 23.5. The lowest BCUT2D eigenvalue weighted by Crippen LogP contribution is -2.68. The van der Waals surface area contributed by atoms with Crippen molar-refractivity contribution in [2.24, 2.45) is 5.92 Å². The Morgan fingerprint density at radius 2 is 0.921 bits per heavy atom. The minimum absolute atomic E-state index is 0.311. The van der Waals surface area contributed by atoms with Crippen LogP contribution in [0.1, 0.15) is 36.5 Å². The third-order valence-corrected chi connectivity index (χ3v) is 35.7. The minimum atomic E-state index is -2.72. The van der Waals surface area contributed by atoms with Crippen molar-refractivity contribution in [1.29, 1.82) is 0 Å². The molecule has 0 N–H and O–H groups in total. The topological polar surface area (TPSA) is 61.4 Å². The summed E-state index contributed by atoms with van der Waals surface area (Å²) in [7, 11) is -5.42. The summed E-state index contributed by atoms with van der Waals surface area (Å²) in [6.45, 7) is 2.43. The number of thioether (sulfide) groups is 2. The van der Waals surface area contributed by atoms with Gasteiger partial charge in [-0.2, -0.15) is 0 Å². The Balaban J connectivity index is 0.738. The lowest BCUT2D eigenvalue weighted by molar-refractivity contribution is 0.721. The van der Waals surface area contributed by atoms with Gasteiger partial charge >= 0.3 is 0 Å². The molecule has 5 unspecified atom stereocenters. The van der Waals surface area contributed by atoms with Gasteiger partial charge in [0, 0.05) is 78.0 Å². The van der Waals surface area contributed by atoms with E-state index in [0.29, 0.717) is 22.0 Å². The summed E-state index contributed by atoms with van der Waals surface area (Å²) < 4.78 is 4.85. The van der Waals surface area contributed by atoms with Crippen molar-refractivity contribution >= 4 is 137 Å². The van der Waals surface area contributed by atoms with Crippen molar-refractivity contribution in [1.82, 2.24) is 29.1 Å². The summed E-state index contributed by atoms with van der Waals surface area (Å²) >= 11 is 10.8.